The first-order valence-electron chi connectivity index (χ1n) is 6.20. The van der Waals surface area contributed by atoms with Crippen molar-refractivity contribution in [2.45, 2.75) is 45.1 Å². The molecule has 0 aromatic heterocycles. The predicted octanol–water partition coefficient (Wildman–Crippen LogP) is 1.63. The fourth-order valence-corrected chi connectivity index (χ4v) is 2.63. The molecule has 1 atom stereocenters. The molecule has 98 valence electrons. The van der Waals surface area contributed by atoms with Crippen LogP contribution in [-0.4, -0.2) is 42.4 Å². The van der Waals surface area contributed by atoms with Crippen LogP contribution >= 0.6 is 0 Å². The second kappa shape index (κ2) is 4.19. The number of likely N-dealkylation sites (tertiary alicyclic amines) is 1. The SMILES string of the molecule is CC1(C)C[C@H](CN2CCC(F)(F)CC2)NC1=O. The monoisotopic (exact) mass is 246 g/mol. The molecular formula is C12H20F2N2O. The van der Waals surface area contributed by atoms with Gasteiger partial charge in [-0.1, -0.05) is 13.8 Å². The zero-order valence-corrected chi connectivity index (χ0v) is 10.4. The molecule has 0 saturated carbocycles. The van der Waals surface area contributed by atoms with E-state index in [1.54, 1.807) is 0 Å². The fraction of sp³-hybridized carbons (Fsp3) is 0.917. The van der Waals surface area contributed by atoms with Crippen molar-refractivity contribution in [1.29, 1.82) is 0 Å². The maximum Gasteiger partial charge on any atom is 0.250 e. The second-order valence-corrected chi connectivity index (χ2v) is 5.91. The van der Waals surface area contributed by atoms with Gasteiger partial charge in [0.25, 0.3) is 5.92 Å². The summed E-state index contributed by atoms with van der Waals surface area (Å²) in [5, 5.41) is 2.94. The topological polar surface area (TPSA) is 32.3 Å². The molecule has 3 nitrogen and oxygen atoms in total. The summed E-state index contributed by atoms with van der Waals surface area (Å²) in [4.78, 5) is 13.6. The van der Waals surface area contributed by atoms with Gasteiger partial charge in [0, 0.05) is 43.9 Å². The highest BCUT2D eigenvalue weighted by molar-refractivity contribution is 5.84. The number of alkyl halides is 2. The van der Waals surface area contributed by atoms with E-state index >= 15 is 0 Å². The second-order valence-electron chi connectivity index (χ2n) is 5.91. The number of halogens is 2. The minimum atomic E-state index is -2.49. The minimum Gasteiger partial charge on any atom is -0.352 e. The Labute approximate surface area is 101 Å². The van der Waals surface area contributed by atoms with Gasteiger partial charge in [0.15, 0.2) is 0 Å². The average molecular weight is 246 g/mol. The molecule has 0 aliphatic carbocycles. The highest BCUT2D eigenvalue weighted by atomic mass is 19.3. The molecule has 0 aromatic rings. The van der Waals surface area contributed by atoms with E-state index in [-0.39, 0.29) is 30.2 Å². The first-order chi connectivity index (χ1) is 7.78. The summed E-state index contributed by atoms with van der Waals surface area (Å²) in [7, 11) is 0. The lowest BCUT2D eigenvalue weighted by molar-refractivity contribution is -0.126. The first kappa shape index (κ1) is 12.7. The lowest BCUT2D eigenvalue weighted by Gasteiger charge is -2.33. The summed E-state index contributed by atoms with van der Waals surface area (Å²) < 4.78 is 26.0. The Kier molecular flexibility index (Phi) is 3.14. The molecule has 5 heteroatoms. The van der Waals surface area contributed by atoms with Crippen molar-refractivity contribution in [1.82, 2.24) is 10.2 Å². The third kappa shape index (κ3) is 2.94. The molecule has 2 aliphatic heterocycles. The molecule has 2 rings (SSSR count). The van der Waals surface area contributed by atoms with Crippen LogP contribution in [0, 0.1) is 5.41 Å². The van der Waals surface area contributed by atoms with Gasteiger partial charge < -0.3 is 10.2 Å². The van der Waals surface area contributed by atoms with Gasteiger partial charge in [0.05, 0.1) is 0 Å². The third-order valence-electron chi connectivity index (χ3n) is 3.77. The maximum atomic E-state index is 13.0. The van der Waals surface area contributed by atoms with Crippen LogP contribution in [0.5, 0.6) is 0 Å². The number of piperidine rings is 1. The Morgan fingerprint density at radius 3 is 2.41 bits per heavy atom. The quantitative estimate of drug-likeness (QED) is 0.803. The number of hydrogen-bond acceptors (Lipinski definition) is 2. The molecule has 1 N–H and O–H groups in total. The predicted molar refractivity (Wildman–Crippen MR) is 60.9 cm³/mol. The van der Waals surface area contributed by atoms with Gasteiger partial charge in [-0.05, 0) is 6.42 Å². The van der Waals surface area contributed by atoms with E-state index in [1.807, 2.05) is 18.7 Å². The molecule has 0 unspecified atom stereocenters. The number of carbonyl (C=O) groups is 1. The van der Waals surface area contributed by atoms with E-state index in [4.69, 9.17) is 0 Å². The Bertz CT molecular complexity index is 308. The summed E-state index contributed by atoms with van der Waals surface area (Å²) in [6, 6.07) is 0.115. The number of rotatable bonds is 2. The highest BCUT2D eigenvalue weighted by Crippen LogP contribution is 2.31. The minimum absolute atomic E-state index is 0.0585. The van der Waals surface area contributed by atoms with E-state index in [9.17, 15) is 13.6 Å². The van der Waals surface area contributed by atoms with Crippen LogP contribution in [-0.2, 0) is 4.79 Å². The van der Waals surface area contributed by atoms with Crippen LogP contribution < -0.4 is 5.32 Å². The molecule has 1 amide bonds. The molecule has 2 fully saturated rings. The van der Waals surface area contributed by atoms with E-state index in [0.29, 0.717) is 19.6 Å². The van der Waals surface area contributed by atoms with Gasteiger partial charge >= 0.3 is 0 Å². The van der Waals surface area contributed by atoms with Crippen molar-refractivity contribution >= 4 is 5.91 Å². The van der Waals surface area contributed by atoms with Crippen LogP contribution in [0.1, 0.15) is 33.1 Å². The van der Waals surface area contributed by atoms with Crippen LogP contribution in [0.3, 0.4) is 0 Å². The van der Waals surface area contributed by atoms with E-state index < -0.39 is 5.92 Å². The molecule has 0 bridgehead atoms. The molecule has 2 aliphatic rings. The zero-order valence-electron chi connectivity index (χ0n) is 10.4. The normalized spacial score (nSPS) is 32.5. The van der Waals surface area contributed by atoms with Gasteiger partial charge in [-0.25, -0.2) is 8.78 Å². The van der Waals surface area contributed by atoms with E-state index in [0.717, 1.165) is 6.42 Å². The fourth-order valence-electron chi connectivity index (χ4n) is 2.63. The van der Waals surface area contributed by atoms with Crippen LogP contribution in [0.2, 0.25) is 0 Å². The standard InChI is InChI=1S/C12H20F2N2O/c1-11(2)7-9(15-10(11)17)8-16-5-3-12(13,14)4-6-16/h9H,3-8H2,1-2H3,(H,15,17)/t9-/m1/s1. The van der Waals surface area contributed by atoms with Gasteiger partial charge in [-0.3, -0.25) is 4.79 Å². The van der Waals surface area contributed by atoms with Gasteiger partial charge in [0.2, 0.25) is 5.91 Å². The van der Waals surface area contributed by atoms with Gasteiger partial charge in [0.1, 0.15) is 0 Å². The highest BCUT2D eigenvalue weighted by Gasteiger charge is 2.40. The Morgan fingerprint density at radius 1 is 1.35 bits per heavy atom. The smallest absolute Gasteiger partial charge is 0.250 e. The molecule has 17 heavy (non-hydrogen) atoms. The number of carbonyl (C=O) groups excluding carboxylic acids is 1. The maximum absolute atomic E-state index is 13.0. The molecule has 0 aromatic carbocycles. The van der Waals surface area contributed by atoms with Crippen LogP contribution in [0.15, 0.2) is 0 Å². The summed E-state index contributed by atoms with van der Waals surface area (Å²) in [6.45, 7) is 5.41. The van der Waals surface area contributed by atoms with Crippen LogP contribution in [0.4, 0.5) is 8.78 Å². The van der Waals surface area contributed by atoms with Crippen molar-refractivity contribution in [2.24, 2.45) is 5.41 Å². The first-order valence-corrected chi connectivity index (χ1v) is 6.20. The number of nitrogens with one attached hydrogen (secondary N) is 1. The van der Waals surface area contributed by atoms with Crippen LogP contribution in [0.25, 0.3) is 0 Å². The number of hydrogen-bond donors (Lipinski definition) is 1. The summed E-state index contributed by atoms with van der Waals surface area (Å²) in [6.07, 6.45) is 0.673. The Morgan fingerprint density at radius 2 is 1.94 bits per heavy atom. The zero-order chi connectivity index (χ0) is 12.7. The van der Waals surface area contributed by atoms with Crippen molar-refractivity contribution in [2.75, 3.05) is 19.6 Å². The van der Waals surface area contributed by atoms with E-state index in [2.05, 4.69) is 5.32 Å². The van der Waals surface area contributed by atoms with Crippen molar-refractivity contribution in [3.63, 3.8) is 0 Å². The average Bonchev–Trinajstić information content (AvgIpc) is 2.44. The summed E-state index contributed by atoms with van der Waals surface area (Å²) in [5.41, 5.74) is -0.315. The Balaban J connectivity index is 1.82. The number of amides is 1. The van der Waals surface area contributed by atoms with Crippen molar-refractivity contribution in [3.8, 4) is 0 Å². The molecule has 0 spiro atoms. The molecular weight excluding hydrogens is 226 g/mol. The lowest BCUT2D eigenvalue weighted by atomic mass is 9.89. The van der Waals surface area contributed by atoms with Crippen molar-refractivity contribution in [3.05, 3.63) is 0 Å². The summed E-state index contributed by atoms with van der Waals surface area (Å²) in [5.74, 6) is -2.42. The van der Waals surface area contributed by atoms with E-state index in [1.165, 1.54) is 0 Å². The molecule has 0 radical (unpaired) electrons. The Hall–Kier alpha value is -0.710. The largest absolute Gasteiger partial charge is 0.352 e. The third-order valence-corrected chi connectivity index (χ3v) is 3.77. The van der Waals surface area contributed by atoms with Crippen molar-refractivity contribution < 1.29 is 13.6 Å². The number of nitrogens with zero attached hydrogens (tertiary/aromatic N) is 1. The van der Waals surface area contributed by atoms with Gasteiger partial charge in [-0.2, -0.15) is 0 Å². The summed E-state index contributed by atoms with van der Waals surface area (Å²) >= 11 is 0. The molecule has 2 saturated heterocycles. The lowest BCUT2D eigenvalue weighted by Crippen LogP contribution is -2.45. The molecule has 2 heterocycles. The van der Waals surface area contributed by atoms with Gasteiger partial charge in [-0.15, -0.1) is 0 Å².